The average Bonchev–Trinajstić information content (AvgIpc) is 2.63. The molecule has 4 nitrogen and oxygen atoms in total. The van der Waals surface area contributed by atoms with Gasteiger partial charge in [0, 0.05) is 0 Å². The largest absolute Gasteiger partial charge is 0.474 e. The number of phosphoric acid groups is 1. The molecule has 5 heteroatoms. The standard InChI is InChI=1S/C24H51O4P/c1-22(2)16-10-7-13-19-26-29(25,27-20-14-8-11-17-23(3)4)28-21-15-9-12-18-24(5)6/h22-24H,7-21H2,1-6H3. The summed E-state index contributed by atoms with van der Waals surface area (Å²) in [7, 11) is -3.42. The molecule has 0 aliphatic rings. The van der Waals surface area contributed by atoms with Gasteiger partial charge in [-0.1, -0.05) is 99.3 Å². The van der Waals surface area contributed by atoms with E-state index in [9.17, 15) is 4.57 Å². The Morgan fingerprint density at radius 3 is 1.00 bits per heavy atom. The lowest BCUT2D eigenvalue weighted by Crippen LogP contribution is -2.04. The van der Waals surface area contributed by atoms with Crippen LogP contribution < -0.4 is 0 Å². The zero-order chi connectivity index (χ0) is 22.0. The Morgan fingerprint density at radius 1 is 0.483 bits per heavy atom. The number of rotatable bonds is 21. The molecule has 0 heterocycles. The van der Waals surface area contributed by atoms with Crippen molar-refractivity contribution in [1.82, 2.24) is 0 Å². The summed E-state index contributed by atoms with van der Waals surface area (Å²) < 4.78 is 29.9. The van der Waals surface area contributed by atoms with E-state index in [2.05, 4.69) is 41.5 Å². The van der Waals surface area contributed by atoms with Gasteiger partial charge in [-0.05, 0) is 37.0 Å². The van der Waals surface area contributed by atoms with Crippen LogP contribution >= 0.6 is 7.82 Å². The van der Waals surface area contributed by atoms with Gasteiger partial charge in [-0.3, -0.25) is 13.6 Å². The first-order chi connectivity index (χ1) is 13.7. The minimum Gasteiger partial charge on any atom is -0.287 e. The number of hydrogen-bond donors (Lipinski definition) is 0. The zero-order valence-electron chi connectivity index (χ0n) is 20.4. The highest BCUT2D eigenvalue weighted by Gasteiger charge is 2.26. The third-order valence-electron chi connectivity index (χ3n) is 5.03. The maximum absolute atomic E-state index is 13.0. The van der Waals surface area contributed by atoms with Gasteiger partial charge in [-0.25, -0.2) is 4.57 Å². The number of phosphoric ester groups is 1. The van der Waals surface area contributed by atoms with Gasteiger partial charge in [0.1, 0.15) is 0 Å². The van der Waals surface area contributed by atoms with Crippen LogP contribution in [0.15, 0.2) is 0 Å². The smallest absolute Gasteiger partial charge is 0.287 e. The molecule has 0 aliphatic carbocycles. The van der Waals surface area contributed by atoms with Crippen LogP contribution in [0.4, 0.5) is 0 Å². The summed E-state index contributed by atoms with van der Waals surface area (Å²) in [6, 6.07) is 0. The van der Waals surface area contributed by atoms with Crippen molar-refractivity contribution >= 4 is 7.82 Å². The number of hydrogen-bond acceptors (Lipinski definition) is 4. The molecule has 0 unspecified atom stereocenters. The summed E-state index contributed by atoms with van der Waals surface area (Å²) in [5.74, 6) is 2.21. The fourth-order valence-electron chi connectivity index (χ4n) is 3.14. The first-order valence-corrected chi connectivity index (χ1v) is 13.7. The van der Waals surface area contributed by atoms with Crippen LogP contribution in [0.2, 0.25) is 0 Å². The summed E-state index contributed by atoms with van der Waals surface area (Å²) in [5, 5.41) is 0. The molecule has 0 rings (SSSR count). The normalized spacial score (nSPS) is 12.6. The molecule has 0 saturated carbocycles. The van der Waals surface area contributed by atoms with Crippen LogP contribution in [0.5, 0.6) is 0 Å². The second-order valence-electron chi connectivity index (χ2n) is 9.68. The van der Waals surface area contributed by atoms with E-state index < -0.39 is 7.82 Å². The van der Waals surface area contributed by atoms with Gasteiger partial charge in [-0.2, -0.15) is 0 Å². The Kier molecular flexibility index (Phi) is 18.9. The van der Waals surface area contributed by atoms with Crippen molar-refractivity contribution in [3.05, 3.63) is 0 Å². The lowest BCUT2D eigenvalue weighted by atomic mass is 10.1. The molecule has 29 heavy (non-hydrogen) atoms. The summed E-state index contributed by atoms with van der Waals surface area (Å²) in [4.78, 5) is 0. The zero-order valence-corrected chi connectivity index (χ0v) is 21.3. The minimum atomic E-state index is -3.42. The van der Waals surface area contributed by atoms with Gasteiger partial charge in [-0.15, -0.1) is 0 Å². The summed E-state index contributed by atoms with van der Waals surface area (Å²) in [6.45, 7) is 14.8. The molecule has 0 radical (unpaired) electrons. The van der Waals surface area contributed by atoms with Gasteiger partial charge >= 0.3 is 7.82 Å². The molecule has 176 valence electrons. The molecule has 0 aliphatic heterocycles. The average molecular weight is 435 g/mol. The fraction of sp³-hybridized carbons (Fsp3) is 1.00. The molecule has 0 aromatic heterocycles. The highest BCUT2D eigenvalue weighted by Crippen LogP contribution is 2.50. The Labute approximate surface area is 182 Å². The third-order valence-corrected chi connectivity index (χ3v) is 6.52. The minimum absolute atomic E-state index is 0.454. The molecule has 0 saturated heterocycles. The molecule has 0 atom stereocenters. The van der Waals surface area contributed by atoms with E-state index in [1.54, 1.807) is 0 Å². The van der Waals surface area contributed by atoms with E-state index in [0.29, 0.717) is 19.8 Å². The van der Waals surface area contributed by atoms with E-state index >= 15 is 0 Å². The van der Waals surface area contributed by atoms with Crippen LogP contribution in [0.3, 0.4) is 0 Å². The summed E-state index contributed by atoms with van der Waals surface area (Å²) >= 11 is 0. The Bertz CT molecular complexity index is 339. The third kappa shape index (κ3) is 21.1. The molecule has 0 bridgehead atoms. The van der Waals surface area contributed by atoms with Crippen LogP contribution in [0, 0.1) is 17.8 Å². The van der Waals surface area contributed by atoms with Crippen LogP contribution in [0.25, 0.3) is 0 Å². The van der Waals surface area contributed by atoms with Gasteiger partial charge < -0.3 is 0 Å². The molecular weight excluding hydrogens is 383 g/mol. The van der Waals surface area contributed by atoms with Crippen molar-refractivity contribution in [2.24, 2.45) is 17.8 Å². The van der Waals surface area contributed by atoms with E-state index in [0.717, 1.165) is 56.3 Å². The Balaban J connectivity index is 4.15. The number of unbranched alkanes of at least 4 members (excludes halogenated alkanes) is 6. The van der Waals surface area contributed by atoms with Crippen LogP contribution in [-0.4, -0.2) is 19.8 Å². The van der Waals surface area contributed by atoms with Crippen molar-refractivity contribution in [3.63, 3.8) is 0 Å². The van der Waals surface area contributed by atoms with E-state index in [4.69, 9.17) is 13.6 Å². The SMILES string of the molecule is CC(C)CCCCCOP(=O)(OCCCCCC(C)C)OCCCCCC(C)C. The fourth-order valence-corrected chi connectivity index (χ4v) is 4.42. The summed E-state index contributed by atoms with van der Waals surface area (Å²) in [6.07, 6.45) is 13.3. The molecule has 0 fully saturated rings. The second kappa shape index (κ2) is 18.8. The maximum atomic E-state index is 13.0. The molecule has 0 N–H and O–H groups in total. The van der Waals surface area contributed by atoms with Gasteiger partial charge in [0.15, 0.2) is 0 Å². The van der Waals surface area contributed by atoms with Gasteiger partial charge in [0.05, 0.1) is 19.8 Å². The van der Waals surface area contributed by atoms with Gasteiger partial charge in [0.25, 0.3) is 0 Å². The molecule has 0 aromatic rings. The monoisotopic (exact) mass is 434 g/mol. The molecule has 0 spiro atoms. The Morgan fingerprint density at radius 2 is 0.759 bits per heavy atom. The summed E-state index contributed by atoms with van der Waals surface area (Å²) in [5.41, 5.74) is 0. The van der Waals surface area contributed by atoms with Gasteiger partial charge in [0.2, 0.25) is 0 Å². The van der Waals surface area contributed by atoms with Crippen LogP contribution in [0.1, 0.15) is 119 Å². The first-order valence-electron chi connectivity index (χ1n) is 12.3. The Hall–Kier alpha value is 0.110. The highest BCUT2D eigenvalue weighted by molar-refractivity contribution is 7.48. The highest BCUT2D eigenvalue weighted by atomic mass is 31.2. The van der Waals surface area contributed by atoms with Crippen molar-refractivity contribution < 1.29 is 18.1 Å². The maximum Gasteiger partial charge on any atom is 0.474 e. The second-order valence-corrected chi connectivity index (χ2v) is 11.3. The lowest BCUT2D eigenvalue weighted by Gasteiger charge is -2.18. The topological polar surface area (TPSA) is 44.8 Å². The van der Waals surface area contributed by atoms with Crippen molar-refractivity contribution in [1.29, 1.82) is 0 Å². The molecule has 0 aromatic carbocycles. The molecular formula is C24H51O4P. The van der Waals surface area contributed by atoms with Crippen molar-refractivity contribution in [2.75, 3.05) is 19.8 Å². The van der Waals surface area contributed by atoms with E-state index in [1.807, 2.05) is 0 Å². The molecule has 0 amide bonds. The predicted molar refractivity (Wildman–Crippen MR) is 125 cm³/mol. The van der Waals surface area contributed by atoms with Crippen molar-refractivity contribution in [2.45, 2.75) is 119 Å². The first kappa shape index (κ1) is 29.1. The quantitative estimate of drug-likeness (QED) is 0.134. The van der Waals surface area contributed by atoms with Crippen LogP contribution in [-0.2, 0) is 18.1 Å². The lowest BCUT2D eigenvalue weighted by molar-refractivity contribution is 0.108. The predicted octanol–water partition coefficient (Wildman–Crippen LogP) is 8.79. The van der Waals surface area contributed by atoms with E-state index in [1.165, 1.54) is 38.5 Å². The van der Waals surface area contributed by atoms with Crippen molar-refractivity contribution in [3.8, 4) is 0 Å². The van der Waals surface area contributed by atoms with E-state index in [-0.39, 0.29) is 0 Å².